The van der Waals surface area contributed by atoms with Crippen LogP contribution in [0.2, 0.25) is 0 Å². The maximum atomic E-state index is 12.1. The molecule has 0 spiro atoms. The number of rotatable bonds is 5. The molecule has 0 aliphatic carbocycles. The van der Waals surface area contributed by atoms with Crippen LogP contribution in [-0.4, -0.2) is 30.8 Å². The molecule has 1 saturated heterocycles. The van der Waals surface area contributed by atoms with E-state index in [1.807, 2.05) is 55.5 Å². The standard InChI is InChI=1S/C18H19N3O2S/c1-13-4-2-3-5-16(13)24-12-17(22)20-14-6-8-15(9-7-14)21-11-10-19-18(21)23/h2-9H,10-12H2,1H3,(H,19,23)(H,20,22). The highest BCUT2D eigenvalue weighted by molar-refractivity contribution is 8.00. The molecular weight excluding hydrogens is 322 g/mol. The molecule has 1 aliphatic rings. The average molecular weight is 341 g/mol. The summed E-state index contributed by atoms with van der Waals surface area (Å²) >= 11 is 1.53. The van der Waals surface area contributed by atoms with Crippen molar-refractivity contribution in [2.24, 2.45) is 0 Å². The van der Waals surface area contributed by atoms with Crippen LogP contribution in [0.1, 0.15) is 5.56 Å². The summed E-state index contributed by atoms with van der Waals surface area (Å²) in [4.78, 5) is 26.5. The van der Waals surface area contributed by atoms with Gasteiger partial charge in [0, 0.05) is 29.4 Å². The second-order valence-corrected chi connectivity index (χ2v) is 6.55. The fraction of sp³-hybridized carbons (Fsp3) is 0.222. The molecule has 5 nitrogen and oxygen atoms in total. The Morgan fingerprint density at radius 2 is 1.96 bits per heavy atom. The van der Waals surface area contributed by atoms with Crippen molar-refractivity contribution < 1.29 is 9.59 Å². The molecule has 3 rings (SSSR count). The highest BCUT2D eigenvalue weighted by atomic mass is 32.2. The van der Waals surface area contributed by atoms with E-state index in [0.29, 0.717) is 18.8 Å². The first-order valence-corrected chi connectivity index (χ1v) is 8.76. The predicted octanol–water partition coefficient (Wildman–Crippen LogP) is 3.26. The van der Waals surface area contributed by atoms with Crippen molar-refractivity contribution in [2.45, 2.75) is 11.8 Å². The van der Waals surface area contributed by atoms with Crippen molar-refractivity contribution in [3.05, 3.63) is 54.1 Å². The molecule has 1 aliphatic heterocycles. The highest BCUT2D eigenvalue weighted by Gasteiger charge is 2.20. The van der Waals surface area contributed by atoms with E-state index in [9.17, 15) is 9.59 Å². The van der Waals surface area contributed by atoms with E-state index in [-0.39, 0.29) is 11.9 Å². The first-order valence-electron chi connectivity index (χ1n) is 7.77. The first-order chi connectivity index (χ1) is 11.6. The average Bonchev–Trinajstić information content (AvgIpc) is 3.01. The molecule has 6 heteroatoms. The molecule has 124 valence electrons. The molecular formula is C18H19N3O2S. The molecule has 0 radical (unpaired) electrons. The van der Waals surface area contributed by atoms with Crippen LogP contribution in [0.4, 0.5) is 16.2 Å². The predicted molar refractivity (Wildman–Crippen MR) is 97.7 cm³/mol. The highest BCUT2D eigenvalue weighted by Crippen LogP contribution is 2.23. The molecule has 0 unspecified atom stereocenters. The van der Waals surface area contributed by atoms with E-state index < -0.39 is 0 Å². The topological polar surface area (TPSA) is 61.4 Å². The lowest BCUT2D eigenvalue weighted by Crippen LogP contribution is -2.27. The number of amides is 3. The second kappa shape index (κ2) is 7.40. The number of hydrogen-bond donors (Lipinski definition) is 2. The lowest BCUT2D eigenvalue weighted by molar-refractivity contribution is -0.113. The fourth-order valence-electron chi connectivity index (χ4n) is 2.50. The lowest BCUT2D eigenvalue weighted by atomic mass is 10.2. The van der Waals surface area contributed by atoms with E-state index in [1.165, 1.54) is 17.3 Å². The Balaban J connectivity index is 1.55. The summed E-state index contributed by atoms with van der Waals surface area (Å²) in [5.41, 5.74) is 2.73. The summed E-state index contributed by atoms with van der Waals surface area (Å²) in [6.45, 7) is 3.36. The minimum atomic E-state index is -0.0820. The van der Waals surface area contributed by atoms with Gasteiger partial charge < -0.3 is 10.6 Å². The van der Waals surface area contributed by atoms with Gasteiger partial charge >= 0.3 is 6.03 Å². The third kappa shape index (κ3) is 3.89. The van der Waals surface area contributed by atoms with Crippen LogP contribution in [0.25, 0.3) is 0 Å². The summed E-state index contributed by atoms with van der Waals surface area (Å²) < 4.78 is 0. The molecule has 0 saturated carbocycles. The van der Waals surface area contributed by atoms with Gasteiger partial charge in [-0.2, -0.15) is 0 Å². The number of nitrogens with one attached hydrogen (secondary N) is 2. The summed E-state index contributed by atoms with van der Waals surface area (Å²) in [7, 11) is 0. The second-order valence-electron chi connectivity index (χ2n) is 5.53. The van der Waals surface area contributed by atoms with Crippen molar-refractivity contribution in [1.82, 2.24) is 5.32 Å². The van der Waals surface area contributed by atoms with Gasteiger partial charge in [-0.3, -0.25) is 9.69 Å². The lowest BCUT2D eigenvalue weighted by Gasteiger charge is -2.14. The molecule has 1 heterocycles. The molecule has 1 fully saturated rings. The number of urea groups is 1. The van der Waals surface area contributed by atoms with Gasteiger partial charge in [0.1, 0.15) is 0 Å². The quantitative estimate of drug-likeness (QED) is 0.821. The zero-order valence-electron chi connectivity index (χ0n) is 13.4. The minimum absolute atomic E-state index is 0.0464. The van der Waals surface area contributed by atoms with E-state index in [4.69, 9.17) is 0 Å². The Kier molecular flexibility index (Phi) is 5.05. The maximum Gasteiger partial charge on any atom is 0.321 e. The largest absolute Gasteiger partial charge is 0.336 e. The van der Waals surface area contributed by atoms with Crippen LogP contribution < -0.4 is 15.5 Å². The van der Waals surface area contributed by atoms with E-state index in [1.54, 1.807) is 4.90 Å². The Morgan fingerprint density at radius 3 is 2.62 bits per heavy atom. The first kappa shape index (κ1) is 16.4. The van der Waals surface area contributed by atoms with Crippen molar-refractivity contribution in [3.63, 3.8) is 0 Å². The molecule has 2 aromatic carbocycles. The molecule has 3 amide bonds. The van der Waals surface area contributed by atoms with Crippen molar-refractivity contribution in [2.75, 3.05) is 29.1 Å². The molecule has 2 aromatic rings. The summed E-state index contributed by atoms with van der Waals surface area (Å²) in [6.07, 6.45) is 0. The number of thioether (sulfide) groups is 1. The van der Waals surface area contributed by atoms with Crippen molar-refractivity contribution in [3.8, 4) is 0 Å². The number of benzene rings is 2. The van der Waals surface area contributed by atoms with Gasteiger partial charge in [0.25, 0.3) is 0 Å². The Labute approximate surface area is 145 Å². The number of carbonyl (C=O) groups is 2. The van der Waals surface area contributed by atoms with Gasteiger partial charge in [0.05, 0.1) is 5.75 Å². The van der Waals surface area contributed by atoms with Crippen LogP contribution in [0, 0.1) is 6.92 Å². The summed E-state index contributed by atoms with van der Waals surface area (Å²) in [5, 5.41) is 5.65. The van der Waals surface area contributed by atoms with Gasteiger partial charge in [-0.05, 0) is 42.8 Å². The van der Waals surface area contributed by atoms with Crippen LogP contribution in [0.5, 0.6) is 0 Å². The van der Waals surface area contributed by atoms with Crippen LogP contribution in [-0.2, 0) is 4.79 Å². The molecule has 0 atom stereocenters. The van der Waals surface area contributed by atoms with Crippen molar-refractivity contribution in [1.29, 1.82) is 0 Å². The number of nitrogens with zero attached hydrogens (tertiary/aromatic N) is 1. The summed E-state index contributed by atoms with van der Waals surface area (Å²) in [6, 6.07) is 15.2. The Morgan fingerprint density at radius 1 is 1.21 bits per heavy atom. The fourth-order valence-corrected chi connectivity index (χ4v) is 3.33. The third-order valence-electron chi connectivity index (χ3n) is 3.77. The van der Waals surface area contributed by atoms with E-state index >= 15 is 0 Å². The summed E-state index contributed by atoms with van der Waals surface area (Å²) in [5.74, 6) is 0.316. The van der Waals surface area contributed by atoms with Gasteiger partial charge in [-0.15, -0.1) is 11.8 Å². The van der Waals surface area contributed by atoms with Crippen molar-refractivity contribution >= 4 is 35.1 Å². The van der Waals surface area contributed by atoms with Crippen LogP contribution in [0.3, 0.4) is 0 Å². The van der Waals surface area contributed by atoms with Gasteiger partial charge in [-0.1, -0.05) is 18.2 Å². The smallest absolute Gasteiger partial charge is 0.321 e. The monoisotopic (exact) mass is 341 g/mol. The van der Waals surface area contributed by atoms with E-state index in [2.05, 4.69) is 10.6 Å². The van der Waals surface area contributed by atoms with Crippen LogP contribution >= 0.6 is 11.8 Å². The minimum Gasteiger partial charge on any atom is -0.336 e. The third-order valence-corrected chi connectivity index (χ3v) is 4.95. The van der Waals surface area contributed by atoms with Gasteiger partial charge in [0.2, 0.25) is 5.91 Å². The normalized spacial score (nSPS) is 13.7. The zero-order chi connectivity index (χ0) is 16.9. The maximum absolute atomic E-state index is 12.1. The molecule has 2 N–H and O–H groups in total. The number of anilines is 2. The van der Waals surface area contributed by atoms with E-state index in [0.717, 1.165) is 16.3 Å². The Hall–Kier alpha value is -2.47. The van der Waals surface area contributed by atoms with Gasteiger partial charge in [0.15, 0.2) is 0 Å². The zero-order valence-corrected chi connectivity index (χ0v) is 14.2. The number of aryl methyl sites for hydroxylation is 1. The Bertz CT molecular complexity index is 746. The number of hydrogen-bond acceptors (Lipinski definition) is 3. The van der Waals surface area contributed by atoms with Crippen LogP contribution in [0.15, 0.2) is 53.4 Å². The molecule has 0 aromatic heterocycles. The SMILES string of the molecule is Cc1ccccc1SCC(=O)Nc1ccc(N2CCNC2=O)cc1. The molecule has 24 heavy (non-hydrogen) atoms. The number of carbonyl (C=O) groups excluding carboxylic acids is 2. The molecule has 0 bridgehead atoms. The van der Waals surface area contributed by atoms with Gasteiger partial charge in [-0.25, -0.2) is 4.79 Å².